The van der Waals surface area contributed by atoms with Crippen LogP contribution in [0.1, 0.15) is 10.4 Å². The van der Waals surface area contributed by atoms with Gasteiger partial charge in [-0.15, -0.1) is 0 Å². The van der Waals surface area contributed by atoms with E-state index in [0.717, 1.165) is 12.1 Å². The van der Waals surface area contributed by atoms with Gasteiger partial charge in [-0.2, -0.15) is 0 Å². The highest BCUT2D eigenvalue weighted by molar-refractivity contribution is 5.94. The first-order valence-electron chi connectivity index (χ1n) is 3.49. The Balaban J connectivity index is 3.37. The third-order valence-electron chi connectivity index (χ3n) is 1.56. The van der Waals surface area contributed by atoms with Crippen molar-refractivity contribution in [3.8, 4) is 0 Å². The number of hydrogen-bond donors (Lipinski definition) is 1. The third kappa shape index (κ3) is 1.64. The number of hydrogen-bond acceptors (Lipinski definition) is 4. The number of carbonyl (C=O) groups is 1. The van der Waals surface area contributed by atoms with Crippen LogP contribution in [-0.2, 0) is 0 Å². The molecule has 0 spiro atoms. The molecule has 0 unspecified atom stereocenters. The Morgan fingerprint density at radius 1 is 1.57 bits per heavy atom. The molecule has 0 heterocycles. The van der Waals surface area contributed by atoms with E-state index in [2.05, 4.69) is 4.98 Å². The van der Waals surface area contributed by atoms with Gasteiger partial charge in [-0.05, 0) is 6.07 Å². The van der Waals surface area contributed by atoms with Crippen molar-refractivity contribution in [2.24, 2.45) is 5.73 Å². The molecule has 0 saturated carbocycles. The molecule has 0 bridgehead atoms. The van der Waals surface area contributed by atoms with Gasteiger partial charge in [0.15, 0.2) is 4.98 Å². The number of nitro benzene ring substituents is 1. The maximum atomic E-state index is 10.7. The molecule has 7 nitrogen and oxygen atoms in total. The van der Waals surface area contributed by atoms with Gasteiger partial charge >= 0.3 is 11.4 Å². The Morgan fingerprint density at radius 3 is 2.64 bits per heavy atom. The lowest BCUT2D eigenvalue weighted by Crippen LogP contribution is -2.10. The number of amides is 1. The summed E-state index contributed by atoms with van der Waals surface area (Å²) in [5.74, 6) is -0.780. The Morgan fingerprint density at radius 2 is 2.21 bits per heavy atom. The van der Waals surface area contributed by atoms with Gasteiger partial charge in [0, 0.05) is 17.7 Å². The second kappa shape index (κ2) is 3.49. The molecular formula is C7H5N4O3+. The lowest BCUT2D eigenvalue weighted by molar-refractivity contribution is -0.383. The van der Waals surface area contributed by atoms with E-state index in [0.29, 0.717) is 0 Å². The second-order valence-electron chi connectivity index (χ2n) is 2.42. The van der Waals surface area contributed by atoms with Crippen molar-refractivity contribution in [1.29, 1.82) is 5.39 Å². The van der Waals surface area contributed by atoms with E-state index < -0.39 is 16.5 Å². The Bertz CT molecular complexity index is 449. The van der Waals surface area contributed by atoms with E-state index in [4.69, 9.17) is 11.1 Å². The van der Waals surface area contributed by atoms with E-state index in [9.17, 15) is 14.9 Å². The summed E-state index contributed by atoms with van der Waals surface area (Å²) in [6, 6.07) is 3.33. The number of primary amides is 1. The van der Waals surface area contributed by atoms with Crippen molar-refractivity contribution in [1.82, 2.24) is 0 Å². The zero-order valence-electron chi connectivity index (χ0n) is 6.88. The minimum absolute atomic E-state index is 0.0101. The zero-order chi connectivity index (χ0) is 10.7. The highest BCUT2D eigenvalue weighted by Crippen LogP contribution is 2.27. The van der Waals surface area contributed by atoms with Crippen molar-refractivity contribution < 1.29 is 9.72 Å². The number of nitro groups is 1. The number of benzene rings is 1. The van der Waals surface area contributed by atoms with Gasteiger partial charge in [-0.1, -0.05) is 0 Å². The van der Waals surface area contributed by atoms with E-state index in [1.807, 2.05) is 0 Å². The van der Waals surface area contributed by atoms with Gasteiger partial charge in [0.05, 0.1) is 4.92 Å². The van der Waals surface area contributed by atoms with Crippen molar-refractivity contribution in [3.05, 3.63) is 38.9 Å². The highest BCUT2D eigenvalue weighted by atomic mass is 16.6. The molecule has 0 radical (unpaired) electrons. The minimum atomic E-state index is -0.780. The SMILES string of the molecule is N#[N+]c1ccc(C(N)=O)cc1[N+](=O)[O-]. The van der Waals surface area contributed by atoms with Crippen molar-refractivity contribution >= 4 is 17.3 Å². The summed E-state index contributed by atoms with van der Waals surface area (Å²) >= 11 is 0. The molecule has 0 fully saturated rings. The van der Waals surface area contributed by atoms with E-state index in [1.165, 1.54) is 6.07 Å². The maximum Gasteiger partial charge on any atom is 0.461 e. The summed E-state index contributed by atoms with van der Waals surface area (Å²) in [7, 11) is 0. The topological polar surface area (TPSA) is 114 Å². The molecule has 2 N–H and O–H groups in total. The fourth-order valence-corrected chi connectivity index (χ4v) is 0.908. The van der Waals surface area contributed by atoms with Crippen LogP contribution >= 0.6 is 0 Å². The predicted molar refractivity (Wildman–Crippen MR) is 46.4 cm³/mol. The average molecular weight is 193 g/mol. The quantitative estimate of drug-likeness (QED) is 0.431. The molecule has 1 rings (SSSR count). The fraction of sp³-hybridized carbons (Fsp3) is 0. The molecule has 0 aromatic heterocycles. The van der Waals surface area contributed by atoms with E-state index in [1.54, 1.807) is 0 Å². The van der Waals surface area contributed by atoms with Gasteiger partial charge in [0.2, 0.25) is 11.3 Å². The van der Waals surface area contributed by atoms with Crippen LogP contribution in [0.25, 0.3) is 4.98 Å². The zero-order valence-corrected chi connectivity index (χ0v) is 6.88. The van der Waals surface area contributed by atoms with Crippen molar-refractivity contribution in [2.45, 2.75) is 0 Å². The summed E-state index contributed by atoms with van der Waals surface area (Å²) in [6.45, 7) is 0. The largest absolute Gasteiger partial charge is 0.461 e. The van der Waals surface area contributed by atoms with Gasteiger partial charge in [-0.3, -0.25) is 14.9 Å². The normalized spacial score (nSPS) is 9.07. The molecule has 0 aliphatic rings. The standard InChI is InChI=1S/C7H4N4O3/c8-7(12)4-1-2-5(10-9)6(3-4)11(13)14/h1-3H,(H-,8,12)/p+1. The fourth-order valence-electron chi connectivity index (χ4n) is 0.908. The number of nitrogens with zero attached hydrogens (tertiary/aromatic N) is 3. The van der Waals surface area contributed by atoms with Gasteiger partial charge in [0.1, 0.15) is 0 Å². The molecular weight excluding hydrogens is 188 g/mol. The molecule has 0 atom stereocenters. The molecule has 7 heteroatoms. The summed E-state index contributed by atoms with van der Waals surface area (Å²) in [5.41, 5.74) is 4.22. The highest BCUT2D eigenvalue weighted by Gasteiger charge is 2.25. The van der Waals surface area contributed by atoms with E-state index >= 15 is 0 Å². The first kappa shape index (κ1) is 9.60. The van der Waals surface area contributed by atoms with Crippen LogP contribution in [0.5, 0.6) is 0 Å². The van der Waals surface area contributed by atoms with Gasteiger partial charge in [-0.25, -0.2) is 0 Å². The Hall–Kier alpha value is -2.49. The Kier molecular flexibility index (Phi) is 2.39. The lowest BCUT2D eigenvalue weighted by Gasteiger charge is -1.92. The summed E-state index contributed by atoms with van der Waals surface area (Å²) in [6.07, 6.45) is 0. The molecule has 0 saturated heterocycles. The first-order chi connectivity index (χ1) is 6.56. The molecule has 1 aromatic rings. The number of nitrogens with two attached hydrogens (primary N) is 1. The minimum Gasteiger partial charge on any atom is -0.366 e. The van der Waals surface area contributed by atoms with Crippen molar-refractivity contribution in [3.63, 3.8) is 0 Å². The summed E-state index contributed by atoms with van der Waals surface area (Å²) in [4.78, 5) is 23.1. The third-order valence-corrected chi connectivity index (χ3v) is 1.56. The van der Waals surface area contributed by atoms with Gasteiger partial charge < -0.3 is 5.73 Å². The Labute approximate surface area is 77.9 Å². The molecule has 14 heavy (non-hydrogen) atoms. The second-order valence-corrected chi connectivity index (χ2v) is 2.42. The van der Waals surface area contributed by atoms with Crippen LogP contribution in [0.3, 0.4) is 0 Å². The van der Waals surface area contributed by atoms with Crippen LogP contribution in [0.4, 0.5) is 11.4 Å². The van der Waals surface area contributed by atoms with Crippen LogP contribution in [-0.4, -0.2) is 10.8 Å². The first-order valence-corrected chi connectivity index (χ1v) is 3.49. The predicted octanol–water partition coefficient (Wildman–Crippen LogP) is 1.18. The monoisotopic (exact) mass is 193 g/mol. The number of carbonyl (C=O) groups excluding carboxylic acids is 1. The van der Waals surface area contributed by atoms with Crippen LogP contribution < -0.4 is 5.73 Å². The number of rotatable bonds is 2. The van der Waals surface area contributed by atoms with Crippen molar-refractivity contribution in [2.75, 3.05) is 0 Å². The van der Waals surface area contributed by atoms with Crippen LogP contribution in [0.2, 0.25) is 0 Å². The van der Waals surface area contributed by atoms with Crippen LogP contribution in [0.15, 0.2) is 18.2 Å². The van der Waals surface area contributed by atoms with Crippen LogP contribution in [0, 0.1) is 15.5 Å². The molecule has 0 aliphatic heterocycles. The van der Waals surface area contributed by atoms with E-state index in [-0.39, 0.29) is 11.3 Å². The lowest BCUT2D eigenvalue weighted by atomic mass is 10.1. The molecule has 70 valence electrons. The molecule has 1 aromatic carbocycles. The summed E-state index contributed by atoms with van der Waals surface area (Å²) in [5, 5.41) is 18.8. The summed E-state index contributed by atoms with van der Waals surface area (Å²) < 4.78 is 0. The average Bonchev–Trinajstić information content (AvgIpc) is 2.16. The smallest absolute Gasteiger partial charge is 0.366 e. The molecule has 1 amide bonds. The maximum absolute atomic E-state index is 10.7. The molecule has 0 aliphatic carbocycles. The van der Waals surface area contributed by atoms with Gasteiger partial charge in [0.25, 0.3) is 0 Å². The number of diazo groups is 1.